The lowest BCUT2D eigenvalue weighted by Crippen LogP contribution is -2.82. The van der Waals surface area contributed by atoms with Crippen LogP contribution in [0.25, 0.3) is 0 Å². The number of carboxylic acids is 1. The van der Waals surface area contributed by atoms with Gasteiger partial charge in [-0.2, -0.15) is 13.2 Å². The standard InChI is InChI=1S/C57H69N3O18.C2HF3O2/c1-33-39(75-53(69)47(76-43(65)23-22-42(64)59-25-27-72-29-28-71-26-24-58)45(36-16-10-7-11-17-36)60-51(67)37-18-12-8-13-19-37)31-57(70)50(77-52(68)38-20-14-9-15-21-38)48-55(6,40(63)30-41-56(48,32-73-41)78-35(3)62)49(66)46(74-34(2)61)44(33)54(57,4)5;3-2(4,5)1(6)7/h7-21,39-41,45-48,50,63,70H,22-32,58H2,1-6H3,(H,59,64)(H,60,67);(H,6,7)/t39-,40-,41+,45-,46+,47+,48?,50?,55+,56-,57+;/m0./s1. The summed E-state index contributed by atoms with van der Waals surface area (Å²) in [5, 5.41) is 38.8. The minimum absolute atomic E-state index is 0.0257. The van der Waals surface area contributed by atoms with Crippen LogP contribution < -0.4 is 16.4 Å². The monoisotopic (exact) mass is 1200 g/mol. The molecule has 23 nitrogen and oxygen atoms in total. The molecule has 4 aliphatic rings. The number of hydrogen-bond acceptors (Lipinski definition) is 20. The highest BCUT2D eigenvalue weighted by atomic mass is 19.4. The highest BCUT2D eigenvalue weighted by molar-refractivity contribution is 5.96. The molecule has 3 aromatic carbocycles. The largest absolute Gasteiger partial charge is 0.490 e. The first-order chi connectivity index (χ1) is 40.0. The predicted octanol–water partition coefficient (Wildman–Crippen LogP) is 3.81. The number of nitrogens with two attached hydrogens (primary N) is 1. The van der Waals surface area contributed by atoms with Gasteiger partial charge < -0.3 is 69.6 Å². The van der Waals surface area contributed by atoms with E-state index < -0.39 is 143 Å². The Kier molecular flexibility index (Phi) is 22.0. The van der Waals surface area contributed by atoms with Gasteiger partial charge >= 0.3 is 42.0 Å². The number of halogens is 3. The van der Waals surface area contributed by atoms with E-state index in [2.05, 4.69) is 10.6 Å². The Morgan fingerprint density at radius 2 is 1.38 bits per heavy atom. The van der Waals surface area contributed by atoms with Gasteiger partial charge in [0.1, 0.15) is 30.0 Å². The van der Waals surface area contributed by atoms with Gasteiger partial charge in [-0.1, -0.05) is 80.6 Å². The summed E-state index contributed by atoms with van der Waals surface area (Å²) < 4.78 is 79.3. The van der Waals surface area contributed by atoms with Crippen LogP contribution >= 0.6 is 0 Å². The van der Waals surface area contributed by atoms with Crippen LogP contribution in [0, 0.1) is 16.7 Å². The number of fused-ring (bicyclic) bond motifs is 5. The van der Waals surface area contributed by atoms with Gasteiger partial charge in [0.05, 0.1) is 62.5 Å². The van der Waals surface area contributed by atoms with Gasteiger partial charge in [-0.15, -0.1) is 0 Å². The van der Waals surface area contributed by atoms with E-state index in [4.69, 9.17) is 53.5 Å². The van der Waals surface area contributed by atoms with E-state index in [9.17, 15) is 52.2 Å². The van der Waals surface area contributed by atoms with Gasteiger partial charge in [-0.05, 0) is 54.8 Å². The van der Waals surface area contributed by atoms with Gasteiger partial charge in [0.25, 0.3) is 5.91 Å². The third-order valence-corrected chi connectivity index (χ3v) is 15.7. The van der Waals surface area contributed by atoms with E-state index in [0.717, 1.165) is 13.8 Å². The van der Waals surface area contributed by atoms with E-state index in [1.807, 2.05) is 0 Å². The molecule has 7 N–H and O–H groups in total. The maximum atomic E-state index is 15.8. The molecule has 462 valence electrons. The summed E-state index contributed by atoms with van der Waals surface area (Å²) in [4.78, 5) is 122. The van der Waals surface area contributed by atoms with Gasteiger partial charge in [0, 0.05) is 57.2 Å². The van der Waals surface area contributed by atoms with Crippen molar-refractivity contribution < 1.29 is 110 Å². The molecule has 85 heavy (non-hydrogen) atoms. The van der Waals surface area contributed by atoms with E-state index in [1.165, 1.54) is 52.0 Å². The highest BCUT2D eigenvalue weighted by Gasteiger charge is 2.78. The number of rotatable bonds is 22. The Balaban J connectivity index is 0.00000155. The predicted molar refractivity (Wildman–Crippen MR) is 288 cm³/mol. The van der Waals surface area contributed by atoms with Crippen molar-refractivity contribution in [2.24, 2.45) is 22.5 Å². The third kappa shape index (κ3) is 14.9. The number of carbonyl (C=O) groups is 9. The molecule has 0 spiro atoms. The molecule has 0 aromatic heterocycles. The van der Waals surface area contributed by atoms with Gasteiger partial charge in [-0.25, -0.2) is 14.4 Å². The number of esters is 5. The van der Waals surface area contributed by atoms with Crippen LogP contribution in [0.5, 0.6) is 0 Å². The number of nitrogens with one attached hydrogen (secondary N) is 2. The van der Waals surface area contributed by atoms with Crippen molar-refractivity contribution in [1.29, 1.82) is 0 Å². The molecular weight excluding hydrogens is 1130 g/mol. The van der Waals surface area contributed by atoms with Crippen molar-refractivity contribution in [3.63, 3.8) is 0 Å². The molecule has 3 fully saturated rings. The number of benzene rings is 3. The molecule has 11 atom stereocenters. The van der Waals surface area contributed by atoms with Crippen LogP contribution in [-0.4, -0.2) is 169 Å². The van der Waals surface area contributed by atoms with Crippen LogP contribution in [0.15, 0.2) is 102 Å². The third-order valence-electron chi connectivity index (χ3n) is 15.7. The zero-order valence-corrected chi connectivity index (χ0v) is 47.6. The van der Waals surface area contributed by atoms with Crippen LogP contribution in [0.2, 0.25) is 0 Å². The van der Waals surface area contributed by atoms with Crippen molar-refractivity contribution in [3.05, 3.63) is 119 Å². The summed E-state index contributed by atoms with van der Waals surface area (Å²) in [6, 6.07) is 22.4. The minimum Gasteiger partial charge on any atom is -0.475 e. The Hall–Kier alpha value is -7.62. The molecule has 7 rings (SSSR count). The van der Waals surface area contributed by atoms with E-state index in [1.54, 1.807) is 66.7 Å². The number of ketones is 1. The summed E-state index contributed by atoms with van der Waals surface area (Å²) in [6.45, 7) is 9.33. The zero-order valence-electron chi connectivity index (χ0n) is 47.6. The van der Waals surface area contributed by atoms with Crippen LogP contribution in [0.4, 0.5) is 13.2 Å². The maximum Gasteiger partial charge on any atom is 0.490 e. The quantitative estimate of drug-likeness (QED) is 0.0360. The second-order valence-electron chi connectivity index (χ2n) is 21.5. The molecule has 2 saturated carbocycles. The molecule has 0 radical (unpaired) electrons. The second kappa shape index (κ2) is 28.1. The number of aliphatic hydroxyl groups excluding tert-OH is 1. The minimum atomic E-state index is -5.08. The number of hydrogen-bond donors (Lipinski definition) is 6. The Morgan fingerprint density at radius 1 is 0.800 bits per heavy atom. The molecule has 26 heteroatoms. The number of ether oxygens (including phenoxy) is 8. The average Bonchev–Trinajstić information content (AvgIpc) is 0.855. The zero-order chi connectivity index (χ0) is 62.7. The number of Topliss-reactive ketones (excluding diaryl/α,β-unsaturated/α-hetero) is 1. The van der Waals surface area contributed by atoms with Crippen LogP contribution in [0.1, 0.15) is 99.5 Å². The van der Waals surface area contributed by atoms with Crippen molar-refractivity contribution in [2.75, 3.05) is 46.1 Å². The number of carbonyl (C=O) groups excluding carboxylic acids is 8. The normalized spacial score (nSPS) is 26.2. The molecule has 2 amide bonds. The van der Waals surface area contributed by atoms with Crippen molar-refractivity contribution in [1.82, 2.24) is 10.6 Å². The van der Waals surface area contributed by atoms with E-state index >= 15 is 9.59 Å². The van der Waals surface area contributed by atoms with Crippen molar-refractivity contribution in [3.8, 4) is 0 Å². The first-order valence-corrected chi connectivity index (χ1v) is 27.2. The lowest BCUT2D eigenvalue weighted by atomic mass is 9.44. The summed E-state index contributed by atoms with van der Waals surface area (Å²) >= 11 is 0. The molecule has 1 heterocycles. The van der Waals surface area contributed by atoms with E-state index in [0.29, 0.717) is 19.8 Å². The smallest absolute Gasteiger partial charge is 0.475 e. The van der Waals surface area contributed by atoms with Gasteiger partial charge in [0.2, 0.25) is 12.0 Å². The van der Waals surface area contributed by atoms with Crippen LogP contribution in [-0.2, 0) is 71.5 Å². The summed E-state index contributed by atoms with van der Waals surface area (Å²) in [7, 11) is 0. The molecule has 1 aliphatic heterocycles. The fourth-order valence-corrected chi connectivity index (χ4v) is 11.5. The summed E-state index contributed by atoms with van der Waals surface area (Å²) in [5.74, 6) is -11.6. The van der Waals surface area contributed by atoms with Crippen LogP contribution in [0.3, 0.4) is 0 Å². The Labute approximate surface area is 486 Å². The highest BCUT2D eigenvalue weighted by Crippen LogP contribution is 2.64. The summed E-state index contributed by atoms with van der Waals surface area (Å²) in [6.07, 6.45) is -17.1. The van der Waals surface area contributed by atoms with Gasteiger partial charge in [-0.3, -0.25) is 28.8 Å². The lowest BCUT2D eigenvalue weighted by Gasteiger charge is -2.67. The first kappa shape index (κ1) is 66.5. The lowest BCUT2D eigenvalue weighted by molar-refractivity contribution is -0.346. The van der Waals surface area contributed by atoms with Crippen molar-refractivity contribution >= 4 is 53.4 Å². The molecule has 2 unspecified atom stereocenters. The van der Waals surface area contributed by atoms with Gasteiger partial charge in [0.15, 0.2) is 17.5 Å². The maximum absolute atomic E-state index is 15.8. The molecule has 2 bridgehead atoms. The average molecular weight is 1200 g/mol. The molecular formula is C59H70F3N3O20. The topological polar surface area (TPSA) is 338 Å². The Bertz CT molecular complexity index is 2950. The molecule has 3 aliphatic carbocycles. The molecule has 1 saturated heterocycles. The number of amides is 2. The number of alkyl halides is 3. The SMILES string of the molecule is CC(=O)O[C@H]1C(=O)[C@@]2(C)C(C(OC(=O)c3ccccc3)[C@]3(O)C[C@H](OC(=O)[C@H](OC(=O)CCC(=O)NCCOCCOCCN)[C@@H](NC(=O)c4ccccc4)c4ccccc4)C(C)=C1C3(C)C)[C@]1(OC(C)=O)CO[C@@H]1C[C@@H]2O.O=C(O)C(F)(F)F. The number of carboxylic acid groups (broad SMARTS) is 1. The van der Waals surface area contributed by atoms with E-state index in [-0.39, 0.29) is 67.0 Å². The number of aliphatic hydroxyl groups is 2. The fourth-order valence-electron chi connectivity index (χ4n) is 11.5. The number of aliphatic carboxylic acids is 1. The first-order valence-electron chi connectivity index (χ1n) is 27.2. The van der Waals surface area contributed by atoms with Crippen molar-refractivity contribution in [2.45, 2.75) is 127 Å². The second-order valence-corrected chi connectivity index (χ2v) is 21.5. The molecule has 3 aromatic rings. The Morgan fingerprint density at radius 3 is 1.92 bits per heavy atom. The fraction of sp³-hybridized carbons (Fsp3) is 0.508. The summed E-state index contributed by atoms with van der Waals surface area (Å²) in [5.41, 5.74) is -2.31.